The number of guanidine groups is 1. The van der Waals surface area contributed by atoms with Crippen molar-refractivity contribution in [1.82, 2.24) is 15.6 Å². The van der Waals surface area contributed by atoms with Gasteiger partial charge in [-0.25, -0.2) is 9.98 Å². The molecule has 2 aliphatic rings. The van der Waals surface area contributed by atoms with Crippen LogP contribution in [0.3, 0.4) is 0 Å². The smallest absolute Gasteiger partial charge is 0.192 e. The van der Waals surface area contributed by atoms with Gasteiger partial charge in [-0.3, -0.25) is 0 Å². The van der Waals surface area contributed by atoms with Crippen LogP contribution in [0.4, 0.5) is 5.82 Å². The van der Waals surface area contributed by atoms with Gasteiger partial charge in [0.25, 0.3) is 0 Å². The highest BCUT2D eigenvalue weighted by molar-refractivity contribution is 14.0. The summed E-state index contributed by atoms with van der Waals surface area (Å²) in [6, 6.07) is 12.5. The molecule has 174 valence electrons. The molecular formula is C24H34IN5O2. The number of nitrogens with zero attached hydrogens (tertiary/aromatic N) is 3. The van der Waals surface area contributed by atoms with Crippen molar-refractivity contribution in [2.75, 3.05) is 37.7 Å². The molecule has 1 unspecified atom stereocenters. The lowest BCUT2D eigenvalue weighted by Gasteiger charge is -2.38. The van der Waals surface area contributed by atoms with E-state index in [2.05, 4.69) is 59.5 Å². The normalized spacial score (nSPS) is 19.9. The Kier molecular flexibility index (Phi) is 8.58. The van der Waals surface area contributed by atoms with Crippen molar-refractivity contribution >= 4 is 35.8 Å². The van der Waals surface area contributed by atoms with Crippen molar-refractivity contribution in [2.24, 2.45) is 4.99 Å². The zero-order valence-corrected chi connectivity index (χ0v) is 21.5. The van der Waals surface area contributed by atoms with Crippen LogP contribution < -0.4 is 20.3 Å². The molecule has 4 rings (SSSR count). The van der Waals surface area contributed by atoms with Crippen molar-refractivity contribution in [3.63, 3.8) is 0 Å². The highest BCUT2D eigenvalue weighted by atomic mass is 127. The number of aliphatic imine (C=N–C) groups is 1. The van der Waals surface area contributed by atoms with Crippen LogP contribution in [0.15, 0.2) is 47.6 Å². The highest BCUT2D eigenvalue weighted by Crippen LogP contribution is 2.39. The first kappa shape index (κ1) is 24.6. The molecule has 32 heavy (non-hydrogen) atoms. The van der Waals surface area contributed by atoms with Gasteiger partial charge in [-0.2, -0.15) is 0 Å². The highest BCUT2D eigenvalue weighted by Gasteiger charge is 2.34. The number of benzene rings is 1. The summed E-state index contributed by atoms with van der Waals surface area (Å²) in [4.78, 5) is 11.8. The summed E-state index contributed by atoms with van der Waals surface area (Å²) in [5.41, 5.74) is 2.05. The van der Waals surface area contributed by atoms with E-state index >= 15 is 0 Å². The average Bonchev–Trinajstić information content (AvgIpc) is 2.77. The molecule has 0 spiro atoms. The van der Waals surface area contributed by atoms with Gasteiger partial charge in [-0.15, -0.1) is 24.0 Å². The molecule has 3 heterocycles. The third-order valence-corrected chi connectivity index (χ3v) is 5.62. The monoisotopic (exact) mass is 551 g/mol. The number of para-hydroxylation sites is 1. The largest absolute Gasteiger partial charge is 0.487 e. The fourth-order valence-electron chi connectivity index (χ4n) is 4.19. The first-order valence-electron chi connectivity index (χ1n) is 11.1. The number of hydrogen-bond acceptors (Lipinski definition) is 5. The number of anilines is 1. The zero-order chi connectivity index (χ0) is 21.7. The van der Waals surface area contributed by atoms with Crippen LogP contribution in [0.2, 0.25) is 0 Å². The van der Waals surface area contributed by atoms with Gasteiger partial charge in [0.2, 0.25) is 0 Å². The Bertz CT molecular complexity index is 915. The molecule has 0 bridgehead atoms. The molecule has 1 aromatic carbocycles. The summed E-state index contributed by atoms with van der Waals surface area (Å²) < 4.78 is 11.7. The van der Waals surface area contributed by atoms with Crippen LogP contribution in [0.5, 0.6) is 5.75 Å². The van der Waals surface area contributed by atoms with E-state index in [9.17, 15) is 0 Å². The molecule has 2 N–H and O–H groups in total. The number of fused-ring (bicyclic) bond motifs is 1. The molecule has 1 fully saturated rings. The van der Waals surface area contributed by atoms with Crippen molar-refractivity contribution in [2.45, 2.75) is 45.4 Å². The van der Waals surface area contributed by atoms with Crippen molar-refractivity contribution in [3.05, 3.63) is 53.7 Å². The second-order valence-corrected chi connectivity index (χ2v) is 8.58. The quantitative estimate of drug-likeness (QED) is 0.334. The molecule has 2 aromatic rings. The molecule has 1 aromatic heterocycles. The summed E-state index contributed by atoms with van der Waals surface area (Å²) in [5, 5.41) is 7.04. The Morgan fingerprint density at radius 3 is 2.75 bits per heavy atom. The number of hydrogen-bond donors (Lipinski definition) is 2. The predicted molar refractivity (Wildman–Crippen MR) is 139 cm³/mol. The van der Waals surface area contributed by atoms with Crippen molar-refractivity contribution in [1.29, 1.82) is 0 Å². The molecule has 1 saturated heterocycles. The average molecular weight is 551 g/mol. The van der Waals surface area contributed by atoms with Crippen LogP contribution in [-0.4, -0.2) is 49.4 Å². The Labute approximate surface area is 208 Å². The number of halogens is 1. The number of ether oxygens (including phenoxy) is 2. The number of nitrogens with one attached hydrogen (secondary N) is 2. The van der Waals surface area contributed by atoms with Gasteiger partial charge < -0.3 is 25.0 Å². The molecule has 1 atom stereocenters. The molecule has 7 nitrogen and oxygen atoms in total. The van der Waals surface area contributed by atoms with E-state index in [1.165, 1.54) is 5.56 Å². The number of aromatic nitrogens is 1. The fraction of sp³-hybridized carbons (Fsp3) is 0.500. The number of pyridine rings is 1. The van der Waals surface area contributed by atoms with E-state index in [0.717, 1.165) is 62.4 Å². The van der Waals surface area contributed by atoms with Crippen LogP contribution in [-0.2, 0) is 11.3 Å². The first-order valence-corrected chi connectivity index (χ1v) is 11.1. The third kappa shape index (κ3) is 6.04. The lowest BCUT2D eigenvalue weighted by Crippen LogP contribution is -2.45. The molecular weight excluding hydrogens is 517 g/mol. The lowest BCUT2D eigenvalue weighted by atomic mass is 9.90. The summed E-state index contributed by atoms with van der Waals surface area (Å²) in [7, 11) is 0. The molecule has 0 aliphatic carbocycles. The minimum Gasteiger partial charge on any atom is -0.487 e. The van der Waals surface area contributed by atoms with Gasteiger partial charge in [0, 0.05) is 43.4 Å². The Hall–Kier alpha value is -2.07. The lowest BCUT2D eigenvalue weighted by molar-refractivity contribution is 0.0694. The zero-order valence-electron chi connectivity index (χ0n) is 19.1. The molecule has 2 aliphatic heterocycles. The maximum atomic E-state index is 6.18. The molecule has 0 amide bonds. The summed E-state index contributed by atoms with van der Waals surface area (Å²) in [6.45, 7) is 10.9. The maximum Gasteiger partial charge on any atom is 0.192 e. The van der Waals surface area contributed by atoms with Gasteiger partial charge in [0.1, 0.15) is 17.2 Å². The minimum absolute atomic E-state index is 0. The second kappa shape index (κ2) is 11.2. The third-order valence-electron chi connectivity index (χ3n) is 5.62. The summed E-state index contributed by atoms with van der Waals surface area (Å²) in [5.74, 6) is 2.74. The van der Waals surface area contributed by atoms with E-state index < -0.39 is 0 Å². The first-order chi connectivity index (χ1) is 15.1. The molecule has 0 saturated carbocycles. The number of morpholine rings is 1. The molecule has 8 heteroatoms. The van der Waals surface area contributed by atoms with Crippen molar-refractivity contribution < 1.29 is 9.47 Å². The number of rotatable bonds is 5. The van der Waals surface area contributed by atoms with Gasteiger partial charge in [-0.05, 0) is 32.9 Å². The van der Waals surface area contributed by atoms with Gasteiger partial charge in [0.05, 0.1) is 25.8 Å². The topological polar surface area (TPSA) is 71.0 Å². The van der Waals surface area contributed by atoms with Gasteiger partial charge in [0.15, 0.2) is 5.96 Å². The van der Waals surface area contributed by atoms with Crippen LogP contribution in [0.25, 0.3) is 0 Å². The standard InChI is InChI=1S/C24H33N5O2.HI/c1-4-25-23(28-20-16-24(2,3)31-21-10-6-5-9-19(20)21)27-17-18-8-7-11-26-22(18)29-12-14-30-15-13-29;/h5-11,20H,4,12-17H2,1-3H3,(H2,25,27,28);1H. The van der Waals surface area contributed by atoms with Crippen molar-refractivity contribution in [3.8, 4) is 5.75 Å². The summed E-state index contributed by atoms with van der Waals surface area (Å²) >= 11 is 0. The van der Waals surface area contributed by atoms with Crippen LogP contribution in [0, 0.1) is 0 Å². The fourth-order valence-corrected chi connectivity index (χ4v) is 4.19. The van der Waals surface area contributed by atoms with E-state index in [4.69, 9.17) is 14.5 Å². The molecule has 0 radical (unpaired) electrons. The Morgan fingerprint density at radius 2 is 1.97 bits per heavy atom. The van der Waals surface area contributed by atoms with E-state index in [0.29, 0.717) is 6.54 Å². The minimum atomic E-state index is -0.240. The van der Waals surface area contributed by atoms with Crippen LogP contribution >= 0.6 is 24.0 Å². The Balaban J connectivity index is 0.00000289. The summed E-state index contributed by atoms with van der Waals surface area (Å²) in [6.07, 6.45) is 2.71. The Morgan fingerprint density at radius 1 is 1.19 bits per heavy atom. The van der Waals surface area contributed by atoms with Gasteiger partial charge >= 0.3 is 0 Å². The van der Waals surface area contributed by atoms with Gasteiger partial charge in [-0.1, -0.05) is 24.3 Å². The predicted octanol–water partition coefficient (Wildman–Crippen LogP) is 3.89. The van der Waals surface area contributed by atoms with E-state index in [1.807, 2.05) is 24.4 Å². The SMILES string of the molecule is CCNC(=NCc1cccnc1N1CCOCC1)NC1CC(C)(C)Oc2ccccc21.I. The second-order valence-electron chi connectivity index (χ2n) is 8.58. The van der Waals surface area contributed by atoms with E-state index in [1.54, 1.807) is 0 Å². The van der Waals surface area contributed by atoms with E-state index in [-0.39, 0.29) is 35.6 Å². The van der Waals surface area contributed by atoms with Crippen LogP contribution in [0.1, 0.15) is 44.4 Å². The maximum absolute atomic E-state index is 6.18.